The molecule has 0 saturated heterocycles. The summed E-state index contributed by atoms with van der Waals surface area (Å²) in [4.78, 5) is 52.1. The number of nitrogens with two attached hydrogens (primary N) is 1. The number of H-pyrrole nitrogens is 1. The van der Waals surface area contributed by atoms with Gasteiger partial charge in [-0.1, -0.05) is 6.07 Å². The summed E-state index contributed by atoms with van der Waals surface area (Å²) in [5.41, 5.74) is 11.0. The summed E-state index contributed by atoms with van der Waals surface area (Å²) in [7, 11) is 0. The topological polar surface area (TPSA) is 154 Å². The van der Waals surface area contributed by atoms with Crippen molar-refractivity contribution in [1.29, 1.82) is 0 Å². The molecule has 2 aliphatic rings. The molecule has 1 aliphatic heterocycles. The number of aromatic nitrogens is 3. The van der Waals surface area contributed by atoms with E-state index < -0.39 is 11.9 Å². The van der Waals surface area contributed by atoms with E-state index in [0.717, 1.165) is 30.1 Å². The first-order chi connectivity index (χ1) is 18.7. The van der Waals surface area contributed by atoms with Gasteiger partial charge >= 0.3 is 5.97 Å². The number of carbonyl (C=O) groups is 3. The van der Waals surface area contributed by atoms with Gasteiger partial charge in [-0.25, -0.2) is 14.8 Å². The molecule has 39 heavy (non-hydrogen) atoms. The fraction of sp³-hybridized carbons (Fsp3) is 0.276. The molecular formula is C29H28N6O4. The summed E-state index contributed by atoms with van der Waals surface area (Å²) in [5.74, 6) is -1.19. The number of aromatic carboxylic acids is 1. The number of nitrogens with zero attached hydrogens (tertiary/aromatic N) is 3. The van der Waals surface area contributed by atoms with Crippen LogP contribution in [-0.4, -0.2) is 48.7 Å². The van der Waals surface area contributed by atoms with Crippen LogP contribution >= 0.6 is 0 Å². The van der Waals surface area contributed by atoms with E-state index in [1.165, 1.54) is 42.8 Å². The van der Waals surface area contributed by atoms with Gasteiger partial charge in [0.15, 0.2) is 5.65 Å². The van der Waals surface area contributed by atoms with E-state index in [4.69, 9.17) is 5.73 Å². The van der Waals surface area contributed by atoms with Crippen LogP contribution in [0.5, 0.6) is 0 Å². The van der Waals surface area contributed by atoms with Crippen molar-refractivity contribution in [1.82, 2.24) is 19.9 Å². The van der Waals surface area contributed by atoms with Gasteiger partial charge in [-0.15, -0.1) is 0 Å². The van der Waals surface area contributed by atoms with Crippen molar-refractivity contribution in [3.8, 4) is 0 Å². The van der Waals surface area contributed by atoms with Gasteiger partial charge in [0, 0.05) is 30.4 Å². The smallest absolute Gasteiger partial charge is 0.335 e. The second-order valence-corrected chi connectivity index (χ2v) is 10.4. The van der Waals surface area contributed by atoms with Crippen LogP contribution in [0.25, 0.3) is 11.2 Å². The highest BCUT2D eigenvalue weighted by molar-refractivity contribution is 6.16. The van der Waals surface area contributed by atoms with Crippen molar-refractivity contribution >= 4 is 40.3 Å². The summed E-state index contributed by atoms with van der Waals surface area (Å²) >= 11 is 0. The Morgan fingerprint density at radius 1 is 1.15 bits per heavy atom. The maximum absolute atomic E-state index is 13.5. The monoisotopic (exact) mass is 524 g/mol. The number of benzene rings is 2. The van der Waals surface area contributed by atoms with Gasteiger partial charge in [0.25, 0.3) is 5.91 Å². The van der Waals surface area contributed by atoms with E-state index in [0.29, 0.717) is 11.6 Å². The Morgan fingerprint density at radius 3 is 2.69 bits per heavy atom. The highest BCUT2D eigenvalue weighted by Gasteiger charge is 2.35. The second-order valence-electron chi connectivity index (χ2n) is 10.4. The van der Waals surface area contributed by atoms with E-state index in [-0.39, 0.29) is 45.3 Å². The van der Waals surface area contributed by atoms with E-state index in [2.05, 4.69) is 32.1 Å². The molecule has 10 nitrogen and oxygen atoms in total. The molecule has 1 amide bonds. The zero-order valence-corrected chi connectivity index (χ0v) is 21.6. The normalized spacial score (nSPS) is 15.7. The molecule has 10 heteroatoms. The van der Waals surface area contributed by atoms with Crippen molar-refractivity contribution in [2.45, 2.75) is 45.8 Å². The van der Waals surface area contributed by atoms with Crippen LogP contribution in [0.3, 0.4) is 0 Å². The highest BCUT2D eigenvalue weighted by atomic mass is 16.4. The third-order valence-electron chi connectivity index (χ3n) is 7.80. The van der Waals surface area contributed by atoms with Gasteiger partial charge in [-0.3, -0.25) is 14.5 Å². The first-order valence-corrected chi connectivity index (χ1v) is 12.9. The van der Waals surface area contributed by atoms with E-state index in [1.54, 1.807) is 6.07 Å². The fourth-order valence-corrected chi connectivity index (χ4v) is 5.41. The summed E-state index contributed by atoms with van der Waals surface area (Å²) < 4.78 is 0. The predicted octanol–water partition coefficient (Wildman–Crippen LogP) is 4.14. The Hall–Kier alpha value is -4.57. The Morgan fingerprint density at radius 2 is 1.95 bits per heavy atom. The number of amides is 1. The van der Waals surface area contributed by atoms with Crippen LogP contribution in [0, 0.1) is 12.8 Å². The van der Waals surface area contributed by atoms with Crippen molar-refractivity contribution in [2.24, 2.45) is 5.92 Å². The summed E-state index contributed by atoms with van der Waals surface area (Å²) in [6.07, 6.45) is 3.95. The molecule has 1 fully saturated rings. The second kappa shape index (κ2) is 9.32. The molecule has 0 radical (unpaired) electrons. The van der Waals surface area contributed by atoms with Crippen LogP contribution in [0.1, 0.15) is 73.2 Å². The number of hydrogen-bond donors (Lipinski definition) is 4. The van der Waals surface area contributed by atoms with E-state index in [9.17, 15) is 19.5 Å². The lowest BCUT2D eigenvalue weighted by Crippen LogP contribution is -2.29. The maximum atomic E-state index is 13.5. The minimum absolute atomic E-state index is 0.0298. The van der Waals surface area contributed by atoms with Gasteiger partial charge in [0.1, 0.15) is 22.6 Å². The number of aryl methyl sites for hydroxylation is 1. The number of anilines is 2. The molecule has 0 bridgehead atoms. The molecule has 1 aliphatic carbocycles. The molecule has 3 heterocycles. The highest BCUT2D eigenvalue weighted by Crippen LogP contribution is 2.39. The summed E-state index contributed by atoms with van der Waals surface area (Å²) in [5, 5.41) is 11.9. The average Bonchev–Trinajstić information content (AvgIpc) is 3.58. The molecule has 198 valence electrons. The third kappa shape index (κ3) is 4.52. The Bertz CT molecular complexity index is 1670. The molecule has 1 saturated carbocycles. The summed E-state index contributed by atoms with van der Waals surface area (Å²) in [6, 6.07) is 10.2. The van der Waals surface area contributed by atoms with E-state index in [1.807, 2.05) is 19.1 Å². The first kappa shape index (κ1) is 24.7. The zero-order chi connectivity index (χ0) is 27.4. The molecule has 0 spiro atoms. The van der Waals surface area contributed by atoms with Crippen LogP contribution in [0.4, 0.5) is 11.5 Å². The average molecular weight is 525 g/mol. The number of fused-ring (bicyclic) bond motifs is 2. The number of hydrogen-bond acceptors (Lipinski definition) is 7. The lowest BCUT2D eigenvalue weighted by molar-refractivity contribution is 0.0696. The van der Waals surface area contributed by atoms with Crippen LogP contribution < -0.4 is 11.1 Å². The van der Waals surface area contributed by atoms with Crippen molar-refractivity contribution in [2.75, 3.05) is 11.1 Å². The number of rotatable bonds is 7. The zero-order valence-electron chi connectivity index (χ0n) is 21.6. The van der Waals surface area contributed by atoms with Gasteiger partial charge in [-0.05, 0) is 79.6 Å². The largest absolute Gasteiger partial charge is 0.478 e. The minimum atomic E-state index is -1.11. The predicted molar refractivity (Wildman–Crippen MR) is 146 cm³/mol. The Kier molecular flexibility index (Phi) is 5.91. The molecular weight excluding hydrogens is 496 g/mol. The van der Waals surface area contributed by atoms with Gasteiger partial charge in [0.05, 0.1) is 11.8 Å². The standard InChI is InChI=1S/C29H28N6O4/c1-14-8-18(9-19-12-35(13-21(14)19)15(2)16-6-7-16)25(36)22-11-31-27-24(33-22)23(26(30)34-27)28(37)32-20-5-3-4-17(10-20)29(38)39/h3-5,8-11,15-16H,6-7,12-13,30H2,1-2H3,(H,31,34)(H,32,37)(H,38,39)/t15-/m0/s1. The SMILES string of the molecule is Cc1cc(C(=O)c2cnc3[nH]c(N)c(C(=O)Nc4cccc(C(=O)O)c4)c3n2)cc2c1CN([C@@H](C)C1CC1)C2. The minimum Gasteiger partial charge on any atom is -0.478 e. The van der Waals surface area contributed by atoms with Crippen LogP contribution in [0.15, 0.2) is 42.6 Å². The molecule has 2 aromatic carbocycles. The lowest BCUT2D eigenvalue weighted by atomic mass is 9.97. The molecule has 1 atom stereocenters. The quantitative estimate of drug-likeness (QED) is 0.263. The first-order valence-electron chi connectivity index (χ1n) is 12.9. The van der Waals surface area contributed by atoms with Gasteiger partial charge in [0.2, 0.25) is 5.78 Å². The summed E-state index contributed by atoms with van der Waals surface area (Å²) in [6.45, 7) is 6.04. The molecule has 6 rings (SSSR count). The van der Waals surface area contributed by atoms with Gasteiger partial charge in [-0.2, -0.15) is 0 Å². The maximum Gasteiger partial charge on any atom is 0.335 e. The number of ketones is 1. The van der Waals surface area contributed by atoms with Gasteiger partial charge < -0.3 is 21.1 Å². The number of carboxylic acid groups (broad SMARTS) is 1. The number of carboxylic acids is 1. The number of nitrogens with one attached hydrogen (secondary N) is 2. The van der Waals surface area contributed by atoms with Crippen molar-refractivity contribution in [3.05, 3.63) is 81.7 Å². The van der Waals surface area contributed by atoms with Crippen molar-refractivity contribution in [3.63, 3.8) is 0 Å². The Labute approximate surface area is 224 Å². The van der Waals surface area contributed by atoms with E-state index >= 15 is 0 Å². The molecule has 0 unspecified atom stereocenters. The fourth-order valence-electron chi connectivity index (χ4n) is 5.41. The van der Waals surface area contributed by atoms with Crippen LogP contribution in [-0.2, 0) is 13.1 Å². The number of carbonyl (C=O) groups excluding carboxylic acids is 2. The third-order valence-corrected chi connectivity index (χ3v) is 7.80. The number of nitrogen functional groups attached to an aromatic ring is 1. The molecule has 4 aromatic rings. The van der Waals surface area contributed by atoms with Crippen LogP contribution in [0.2, 0.25) is 0 Å². The Balaban J connectivity index is 1.29. The number of aromatic amines is 1. The molecule has 5 N–H and O–H groups in total. The molecule has 2 aromatic heterocycles. The lowest BCUT2D eigenvalue weighted by Gasteiger charge is -2.23. The van der Waals surface area contributed by atoms with Crippen molar-refractivity contribution < 1.29 is 19.5 Å².